The van der Waals surface area contributed by atoms with Crippen LogP contribution in [0.15, 0.2) is 48.5 Å². The minimum Gasteiger partial charge on any atom is -0.494 e. The van der Waals surface area contributed by atoms with E-state index in [-0.39, 0.29) is 24.8 Å². The van der Waals surface area contributed by atoms with Gasteiger partial charge in [0.05, 0.1) is 13.2 Å². The van der Waals surface area contributed by atoms with Gasteiger partial charge in [-0.3, -0.25) is 0 Å². The van der Waals surface area contributed by atoms with Gasteiger partial charge in [0, 0.05) is 11.4 Å². The summed E-state index contributed by atoms with van der Waals surface area (Å²) in [7, 11) is 0. The summed E-state index contributed by atoms with van der Waals surface area (Å²) in [6.07, 6.45) is 1.99. The van der Waals surface area contributed by atoms with Gasteiger partial charge in [0.1, 0.15) is 11.5 Å². The molecule has 134 valence electrons. The van der Waals surface area contributed by atoms with Gasteiger partial charge in [-0.15, -0.1) is 24.8 Å². The second-order valence-corrected chi connectivity index (χ2v) is 5.52. The van der Waals surface area contributed by atoms with Crippen molar-refractivity contribution < 1.29 is 9.47 Å². The Bertz CT molecular complexity index is 511. The molecule has 0 atom stereocenters. The van der Waals surface area contributed by atoms with Gasteiger partial charge in [0.15, 0.2) is 0 Å². The second kappa shape index (κ2) is 11.7. The SMILES string of the molecule is CC(CCOc1ccc(N)cc1)CCOc1ccc(N)cc1.Cl.Cl. The van der Waals surface area contributed by atoms with Crippen molar-refractivity contribution in [2.24, 2.45) is 5.92 Å². The Labute approximate surface area is 156 Å². The third kappa shape index (κ3) is 8.18. The van der Waals surface area contributed by atoms with Crippen LogP contribution in [0.2, 0.25) is 0 Å². The van der Waals surface area contributed by atoms with Gasteiger partial charge < -0.3 is 20.9 Å². The molecule has 2 aromatic carbocycles. The molecular formula is C18H26Cl2N2O2. The number of hydrogen-bond donors (Lipinski definition) is 2. The fraction of sp³-hybridized carbons (Fsp3) is 0.333. The molecular weight excluding hydrogens is 347 g/mol. The molecule has 0 saturated carbocycles. The van der Waals surface area contributed by atoms with E-state index >= 15 is 0 Å². The zero-order valence-electron chi connectivity index (χ0n) is 13.8. The Morgan fingerprint density at radius 3 is 1.38 bits per heavy atom. The van der Waals surface area contributed by atoms with Crippen LogP contribution in [0.1, 0.15) is 19.8 Å². The summed E-state index contributed by atoms with van der Waals surface area (Å²) in [4.78, 5) is 0. The lowest BCUT2D eigenvalue weighted by Crippen LogP contribution is -2.08. The zero-order chi connectivity index (χ0) is 15.8. The van der Waals surface area contributed by atoms with E-state index < -0.39 is 0 Å². The highest BCUT2D eigenvalue weighted by atomic mass is 35.5. The molecule has 6 heteroatoms. The summed E-state index contributed by atoms with van der Waals surface area (Å²) < 4.78 is 11.4. The third-order valence-corrected chi connectivity index (χ3v) is 3.52. The molecule has 2 rings (SSSR count). The van der Waals surface area contributed by atoms with E-state index in [1.165, 1.54) is 0 Å². The normalized spacial score (nSPS) is 9.75. The van der Waals surface area contributed by atoms with E-state index in [0.717, 1.165) is 35.7 Å². The first-order valence-electron chi connectivity index (χ1n) is 7.60. The topological polar surface area (TPSA) is 70.5 Å². The zero-order valence-corrected chi connectivity index (χ0v) is 15.4. The summed E-state index contributed by atoms with van der Waals surface area (Å²) in [5, 5.41) is 0. The van der Waals surface area contributed by atoms with Crippen LogP contribution >= 0.6 is 24.8 Å². The molecule has 4 nitrogen and oxygen atoms in total. The Hall–Kier alpha value is -1.78. The molecule has 0 spiro atoms. The molecule has 0 fully saturated rings. The summed E-state index contributed by atoms with van der Waals surface area (Å²) in [5.41, 5.74) is 12.8. The number of benzene rings is 2. The molecule has 2 aromatic rings. The van der Waals surface area contributed by atoms with E-state index in [1.807, 2.05) is 48.5 Å². The van der Waals surface area contributed by atoms with Crippen molar-refractivity contribution in [1.29, 1.82) is 0 Å². The van der Waals surface area contributed by atoms with E-state index in [2.05, 4.69) is 6.92 Å². The molecule has 0 aliphatic rings. The van der Waals surface area contributed by atoms with Gasteiger partial charge in [-0.25, -0.2) is 0 Å². The fourth-order valence-corrected chi connectivity index (χ4v) is 2.03. The lowest BCUT2D eigenvalue weighted by Gasteiger charge is -2.13. The summed E-state index contributed by atoms with van der Waals surface area (Å²) in [6, 6.07) is 15.0. The van der Waals surface area contributed by atoms with Gasteiger partial charge in [0.25, 0.3) is 0 Å². The largest absolute Gasteiger partial charge is 0.494 e. The van der Waals surface area contributed by atoms with Crippen molar-refractivity contribution in [2.75, 3.05) is 24.7 Å². The van der Waals surface area contributed by atoms with Crippen molar-refractivity contribution in [3.8, 4) is 11.5 Å². The number of nitrogens with two attached hydrogens (primary N) is 2. The van der Waals surface area contributed by atoms with E-state index in [0.29, 0.717) is 19.1 Å². The summed E-state index contributed by atoms with van der Waals surface area (Å²) >= 11 is 0. The highest BCUT2D eigenvalue weighted by molar-refractivity contribution is 5.85. The maximum absolute atomic E-state index is 5.70. The van der Waals surface area contributed by atoms with Gasteiger partial charge >= 0.3 is 0 Å². The maximum Gasteiger partial charge on any atom is 0.119 e. The molecule has 0 heterocycles. The first-order chi connectivity index (χ1) is 10.6. The van der Waals surface area contributed by atoms with Gasteiger partial charge in [-0.05, 0) is 67.3 Å². The Kier molecular flexibility index (Phi) is 10.8. The highest BCUT2D eigenvalue weighted by Crippen LogP contribution is 2.17. The first kappa shape index (κ1) is 22.2. The molecule has 24 heavy (non-hydrogen) atoms. The quantitative estimate of drug-likeness (QED) is 0.665. The first-order valence-corrected chi connectivity index (χ1v) is 7.60. The standard InChI is InChI=1S/C18H24N2O2.2ClH/c1-14(10-12-21-17-6-2-15(19)3-7-17)11-13-22-18-8-4-16(20)5-9-18;;/h2-9,14H,10-13,19-20H2,1H3;2*1H. The Balaban J connectivity index is 0.00000264. The molecule has 0 aliphatic carbocycles. The number of hydrogen-bond acceptors (Lipinski definition) is 4. The molecule has 0 amide bonds. The van der Waals surface area contributed by atoms with Crippen molar-refractivity contribution in [1.82, 2.24) is 0 Å². The van der Waals surface area contributed by atoms with Crippen LogP contribution in [-0.2, 0) is 0 Å². The van der Waals surface area contributed by atoms with Crippen molar-refractivity contribution in [2.45, 2.75) is 19.8 Å². The highest BCUT2D eigenvalue weighted by Gasteiger charge is 2.04. The Morgan fingerprint density at radius 2 is 1.04 bits per heavy atom. The third-order valence-electron chi connectivity index (χ3n) is 3.52. The van der Waals surface area contributed by atoms with Crippen LogP contribution in [0.25, 0.3) is 0 Å². The number of anilines is 2. The molecule has 0 bridgehead atoms. The minimum absolute atomic E-state index is 0. The maximum atomic E-state index is 5.70. The van der Waals surface area contributed by atoms with E-state index in [9.17, 15) is 0 Å². The van der Waals surface area contributed by atoms with Crippen LogP contribution in [-0.4, -0.2) is 13.2 Å². The van der Waals surface area contributed by atoms with Crippen LogP contribution < -0.4 is 20.9 Å². The Morgan fingerprint density at radius 1 is 0.708 bits per heavy atom. The molecule has 0 aromatic heterocycles. The van der Waals surface area contributed by atoms with Crippen molar-refractivity contribution in [3.63, 3.8) is 0 Å². The lowest BCUT2D eigenvalue weighted by atomic mass is 10.1. The average Bonchev–Trinajstić information content (AvgIpc) is 2.51. The lowest BCUT2D eigenvalue weighted by molar-refractivity contribution is 0.245. The van der Waals surface area contributed by atoms with Crippen molar-refractivity contribution in [3.05, 3.63) is 48.5 Å². The van der Waals surface area contributed by atoms with Crippen LogP contribution in [0.4, 0.5) is 11.4 Å². The molecule has 0 radical (unpaired) electrons. The van der Waals surface area contributed by atoms with Gasteiger partial charge in [0.2, 0.25) is 0 Å². The van der Waals surface area contributed by atoms with E-state index in [4.69, 9.17) is 20.9 Å². The smallest absolute Gasteiger partial charge is 0.119 e. The number of halogens is 2. The summed E-state index contributed by atoms with van der Waals surface area (Å²) in [5.74, 6) is 2.27. The van der Waals surface area contributed by atoms with Gasteiger partial charge in [-0.1, -0.05) is 6.92 Å². The van der Waals surface area contributed by atoms with Crippen molar-refractivity contribution >= 4 is 36.2 Å². The molecule has 4 N–H and O–H groups in total. The number of rotatable bonds is 8. The monoisotopic (exact) mass is 372 g/mol. The predicted molar refractivity (Wildman–Crippen MR) is 106 cm³/mol. The molecule has 0 saturated heterocycles. The van der Waals surface area contributed by atoms with Gasteiger partial charge in [-0.2, -0.15) is 0 Å². The fourth-order valence-electron chi connectivity index (χ4n) is 2.03. The predicted octanol–water partition coefficient (Wildman–Crippen LogP) is 4.57. The molecule has 0 aliphatic heterocycles. The summed E-state index contributed by atoms with van der Waals surface area (Å²) in [6.45, 7) is 3.61. The molecule has 0 unspecified atom stereocenters. The second-order valence-electron chi connectivity index (χ2n) is 5.52. The van der Waals surface area contributed by atoms with Crippen LogP contribution in [0, 0.1) is 5.92 Å². The van der Waals surface area contributed by atoms with Crippen LogP contribution in [0.5, 0.6) is 11.5 Å². The number of nitrogen functional groups attached to an aromatic ring is 2. The van der Waals surface area contributed by atoms with E-state index in [1.54, 1.807) is 0 Å². The number of ether oxygens (including phenoxy) is 2. The van der Waals surface area contributed by atoms with Crippen LogP contribution in [0.3, 0.4) is 0 Å². The average molecular weight is 373 g/mol. The minimum atomic E-state index is 0.